The van der Waals surface area contributed by atoms with E-state index >= 15 is 0 Å². The fourth-order valence-corrected chi connectivity index (χ4v) is 2.34. The van der Waals surface area contributed by atoms with Crippen LogP contribution in [0.4, 0.5) is 0 Å². The van der Waals surface area contributed by atoms with Gasteiger partial charge in [0.05, 0.1) is 12.6 Å². The molecule has 0 bridgehead atoms. The van der Waals surface area contributed by atoms with Crippen LogP contribution >= 0.6 is 0 Å². The molecule has 1 fully saturated rings. The van der Waals surface area contributed by atoms with E-state index in [0.717, 1.165) is 13.0 Å². The number of rotatable bonds is 7. The van der Waals surface area contributed by atoms with Crippen molar-refractivity contribution in [2.45, 2.75) is 58.0 Å². The van der Waals surface area contributed by atoms with E-state index in [1.165, 1.54) is 19.3 Å². The Kier molecular flexibility index (Phi) is 7.28. The molecule has 1 aliphatic heterocycles. The molecule has 1 saturated heterocycles. The fourth-order valence-electron chi connectivity index (χ4n) is 2.34. The third kappa shape index (κ3) is 5.83. The molecule has 0 aromatic rings. The van der Waals surface area contributed by atoms with Gasteiger partial charge >= 0.3 is 0 Å². The number of hydrogen-bond acceptors (Lipinski definition) is 3. The van der Waals surface area contributed by atoms with E-state index < -0.39 is 0 Å². The highest BCUT2D eigenvalue weighted by molar-refractivity contribution is 5.76. The Bertz CT molecular complexity index is 238. The smallest absolute Gasteiger partial charge is 0.220 e. The van der Waals surface area contributed by atoms with Gasteiger partial charge in [-0.3, -0.25) is 4.79 Å². The van der Waals surface area contributed by atoms with Crippen molar-refractivity contribution < 1.29 is 9.53 Å². The van der Waals surface area contributed by atoms with E-state index in [-0.39, 0.29) is 11.9 Å². The van der Waals surface area contributed by atoms with Crippen molar-refractivity contribution in [1.29, 1.82) is 0 Å². The molecular formula is C14H28N2O2. The molecule has 2 atom stereocenters. The van der Waals surface area contributed by atoms with Crippen LogP contribution in [-0.4, -0.2) is 38.3 Å². The fraction of sp³-hybridized carbons (Fsp3) is 0.929. The Balaban J connectivity index is 2.22. The van der Waals surface area contributed by atoms with Gasteiger partial charge in [-0.05, 0) is 31.7 Å². The van der Waals surface area contributed by atoms with Crippen LogP contribution < -0.4 is 10.6 Å². The predicted molar refractivity (Wildman–Crippen MR) is 73.5 cm³/mol. The van der Waals surface area contributed by atoms with E-state index in [9.17, 15) is 4.79 Å². The maximum atomic E-state index is 11.9. The highest BCUT2D eigenvalue weighted by atomic mass is 16.5. The zero-order valence-electron chi connectivity index (χ0n) is 12.0. The number of ether oxygens (including phenoxy) is 1. The lowest BCUT2D eigenvalue weighted by atomic mass is 10.00. The molecular weight excluding hydrogens is 228 g/mol. The number of carbonyl (C=O) groups is 1. The van der Waals surface area contributed by atoms with Gasteiger partial charge in [-0.15, -0.1) is 0 Å². The molecule has 1 heterocycles. The average Bonchev–Trinajstić information content (AvgIpc) is 2.37. The van der Waals surface area contributed by atoms with Crippen LogP contribution in [0.5, 0.6) is 0 Å². The first kappa shape index (κ1) is 15.4. The summed E-state index contributed by atoms with van der Waals surface area (Å²) in [6.45, 7) is 5.90. The number of nitrogens with one attached hydrogen (secondary N) is 2. The topological polar surface area (TPSA) is 50.4 Å². The van der Waals surface area contributed by atoms with E-state index in [0.29, 0.717) is 25.0 Å². The largest absolute Gasteiger partial charge is 0.383 e. The number of piperidine rings is 1. The first-order valence-corrected chi connectivity index (χ1v) is 7.15. The normalized spacial score (nSPS) is 21.9. The molecule has 0 aliphatic carbocycles. The van der Waals surface area contributed by atoms with Crippen LogP contribution in [0.1, 0.15) is 46.0 Å². The summed E-state index contributed by atoms with van der Waals surface area (Å²) in [5.74, 6) is 0.555. The Labute approximate surface area is 111 Å². The van der Waals surface area contributed by atoms with Gasteiger partial charge in [-0.1, -0.05) is 20.3 Å². The van der Waals surface area contributed by atoms with Crippen LogP contribution in [0.15, 0.2) is 0 Å². The highest BCUT2D eigenvalue weighted by Crippen LogP contribution is 2.12. The zero-order valence-corrected chi connectivity index (χ0v) is 12.0. The molecule has 1 rings (SSSR count). The molecule has 2 unspecified atom stereocenters. The summed E-state index contributed by atoms with van der Waals surface area (Å²) in [6, 6.07) is 0.659. The molecule has 4 heteroatoms. The van der Waals surface area contributed by atoms with E-state index in [1.807, 2.05) is 0 Å². The Morgan fingerprint density at radius 1 is 1.44 bits per heavy atom. The van der Waals surface area contributed by atoms with Gasteiger partial charge in [-0.25, -0.2) is 0 Å². The quantitative estimate of drug-likeness (QED) is 0.729. The molecule has 0 aromatic heterocycles. The van der Waals surface area contributed by atoms with Gasteiger partial charge in [0.25, 0.3) is 0 Å². The highest BCUT2D eigenvalue weighted by Gasteiger charge is 2.18. The summed E-state index contributed by atoms with van der Waals surface area (Å²) in [6.07, 6.45) is 5.33. The van der Waals surface area contributed by atoms with Crippen LogP contribution in [-0.2, 0) is 9.53 Å². The summed E-state index contributed by atoms with van der Waals surface area (Å²) in [4.78, 5) is 11.9. The zero-order chi connectivity index (χ0) is 13.4. The Morgan fingerprint density at radius 3 is 2.78 bits per heavy atom. The molecule has 4 nitrogen and oxygen atoms in total. The second kappa shape index (κ2) is 8.48. The number of hydrogen-bond donors (Lipinski definition) is 2. The second-order valence-corrected chi connectivity index (χ2v) is 5.56. The number of amides is 1. The van der Waals surface area contributed by atoms with Crippen molar-refractivity contribution in [2.24, 2.45) is 5.92 Å². The molecule has 18 heavy (non-hydrogen) atoms. The molecule has 0 aromatic carbocycles. The van der Waals surface area contributed by atoms with Gasteiger partial charge in [0, 0.05) is 19.6 Å². The third-order valence-corrected chi connectivity index (χ3v) is 3.63. The van der Waals surface area contributed by atoms with Gasteiger partial charge < -0.3 is 15.4 Å². The lowest BCUT2D eigenvalue weighted by molar-refractivity contribution is -0.122. The first-order chi connectivity index (χ1) is 8.63. The molecule has 1 aliphatic rings. The van der Waals surface area contributed by atoms with Gasteiger partial charge in [0.2, 0.25) is 5.91 Å². The third-order valence-electron chi connectivity index (χ3n) is 3.63. The van der Waals surface area contributed by atoms with Crippen molar-refractivity contribution >= 4 is 5.91 Å². The van der Waals surface area contributed by atoms with E-state index in [2.05, 4.69) is 24.5 Å². The van der Waals surface area contributed by atoms with Crippen molar-refractivity contribution in [3.05, 3.63) is 0 Å². The van der Waals surface area contributed by atoms with Crippen molar-refractivity contribution in [1.82, 2.24) is 10.6 Å². The second-order valence-electron chi connectivity index (χ2n) is 5.56. The molecule has 0 spiro atoms. The minimum atomic E-state index is 0.127. The van der Waals surface area contributed by atoms with Gasteiger partial charge in [-0.2, -0.15) is 0 Å². The Hall–Kier alpha value is -0.610. The predicted octanol–water partition coefficient (Wildman–Crippen LogP) is 1.70. The number of methoxy groups -OCH3 is 1. The molecule has 106 valence electrons. The summed E-state index contributed by atoms with van der Waals surface area (Å²) in [5.41, 5.74) is 0. The van der Waals surface area contributed by atoms with E-state index in [4.69, 9.17) is 4.74 Å². The lowest BCUT2D eigenvalue weighted by Crippen LogP contribution is -2.42. The lowest BCUT2D eigenvalue weighted by Gasteiger charge is -2.24. The SMILES string of the molecule is COCC(NC(=O)CCC1CCCCN1)C(C)C. The molecule has 1 amide bonds. The summed E-state index contributed by atoms with van der Waals surface area (Å²) in [5, 5.41) is 6.54. The van der Waals surface area contributed by atoms with Crippen molar-refractivity contribution in [2.75, 3.05) is 20.3 Å². The van der Waals surface area contributed by atoms with Crippen LogP contribution in [0.25, 0.3) is 0 Å². The monoisotopic (exact) mass is 256 g/mol. The standard InChI is InChI=1S/C14H28N2O2/c1-11(2)13(10-18-3)16-14(17)8-7-12-6-4-5-9-15-12/h11-13,15H,4-10H2,1-3H3,(H,16,17). The first-order valence-electron chi connectivity index (χ1n) is 7.15. The summed E-state index contributed by atoms with van der Waals surface area (Å²) in [7, 11) is 1.67. The summed E-state index contributed by atoms with van der Waals surface area (Å²) < 4.78 is 5.13. The van der Waals surface area contributed by atoms with Gasteiger partial charge in [0.1, 0.15) is 0 Å². The van der Waals surface area contributed by atoms with Gasteiger partial charge in [0.15, 0.2) is 0 Å². The molecule has 0 radical (unpaired) electrons. The number of carbonyl (C=O) groups excluding carboxylic acids is 1. The van der Waals surface area contributed by atoms with Crippen LogP contribution in [0.2, 0.25) is 0 Å². The van der Waals surface area contributed by atoms with E-state index in [1.54, 1.807) is 7.11 Å². The summed E-state index contributed by atoms with van der Waals surface area (Å²) >= 11 is 0. The maximum Gasteiger partial charge on any atom is 0.220 e. The van der Waals surface area contributed by atoms with Crippen molar-refractivity contribution in [3.8, 4) is 0 Å². The minimum absolute atomic E-state index is 0.127. The van der Waals surface area contributed by atoms with Crippen molar-refractivity contribution in [3.63, 3.8) is 0 Å². The van der Waals surface area contributed by atoms with Crippen LogP contribution in [0, 0.1) is 5.92 Å². The molecule has 0 saturated carbocycles. The van der Waals surface area contributed by atoms with Crippen LogP contribution in [0.3, 0.4) is 0 Å². The average molecular weight is 256 g/mol. The minimum Gasteiger partial charge on any atom is -0.383 e. The Morgan fingerprint density at radius 2 is 2.22 bits per heavy atom. The molecule has 2 N–H and O–H groups in total. The maximum absolute atomic E-state index is 11.9.